The van der Waals surface area contributed by atoms with Crippen LogP contribution in [0.1, 0.15) is 38.1 Å². The molecule has 0 aliphatic carbocycles. The van der Waals surface area contributed by atoms with E-state index in [1.807, 2.05) is 13.8 Å². The van der Waals surface area contributed by atoms with Crippen molar-refractivity contribution in [2.24, 2.45) is 5.92 Å². The first kappa shape index (κ1) is 20.9. The Bertz CT molecular complexity index is 636. The SMILES string of the molecule is CCOC(=O)C(C)(NCC(=O)NNC(=O)c1cccc(Cl)c1)C(C)C. The fourth-order valence-corrected chi connectivity index (χ4v) is 2.12. The molecule has 0 saturated carbocycles. The molecule has 1 aromatic carbocycles. The standard InChI is InChI=1S/C17H24ClN3O4/c1-5-25-16(24)17(4,11(2)3)19-10-14(22)20-21-15(23)12-7-6-8-13(18)9-12/h6-9,11,19H,5,10H2,1-4H3,(H,20,22)(H,21,23). The van der Waals surface area contributed by atoms with Gasteiger partial charge in [-0.1, -0.05) is 31.5 Å². The summed E-state index contributed by atoms with van der Waals surface area (Å²) in [6.07, 6.45) is 0. The Hall–Kier alpha value is -2.12. The normalized spacial score (nSPS) is 13.0. The van der Waals surface area contributed by atoms with Crippen LogP contribution in [0.5, 0.6) is 0 Å². The predicted molar refractivity (Wildman–Crippen MR) is 94.9 cm³/mol. The molecule has 0 radical (unpaired) electrons. The highest BCUT2D eigenvalue weighted by molar-refractivity contribution is 6.30. The average molecular weight is 370 g/mol. The Kier molecular flexibility index (Phi) is 7.86. The van der Waals surface area contributed by atoms with Gasteiger partial charge in [0.25, 0.3) is 11.8 Å². The number of ether oxygens (including phenoxy) is 1. The van der Waals surface area contributed by atoms with Gasteiger partial charge in [0.05, 0.1) is 13.2 Å². The maximum absolute atomic E-state index is 12.1. The third-order valence-corrected chi connectivity index (χ3v) is 4.11. The minimum Gasteiger partial charge on any atom is -0.465 e. The maximum Gasteiger partial charge on any atom is 0.326 e. The van der Waals surface area contributed by atoms with Gasteiger partial charge in [-0.15, -0.1) is 0 Å². The number of carbonyl (C=O) groups is 3. The summed E-state index contributed by atoms with van der Waals surface area (Å²) in [5.41, 5.74) is 3.89. The molecule has 3 N–H and O–H groups in total. The van der Waals surface area contributed by atoms with Gasteiger partial charge in [0.1, 0.15) is 5.54 Å². The zero-order valence-electron chi connectivity index (χ0n) is 14.8. The molecule has 0 fully saturated rings. The van der Waals surface area contributed by atoms with Gasteiger partial charge in [0.15, 0.2) is 0 Å². The number of hydrogen-bond acceptors (Lipinski definition) is 5. The van der Waals surface area contributed by atoms with Crippen molar-refractivity contribution in [3.63, 3.8) is 0 Å². The Morgan fingerprint density at radius 3 is 2.48 bits per heavy atom. The molecule has 0 spiro atoms. The van der Waals surface area contributed by atoms with Crippen molar-refractivity contribution in [3.8, 4) is 0 Å². The van der Waals surface area contributed by atoms with E-state index < -0.39 is 23.3 Å². The fraction of sp³-hybridized carbons (Fsp3) is 0.471. The topological polar surface area (TPSA) is 96.5 Å². The molecule has 1 aromatic rings. The molecule has 1 atom stereocenters. The zero-order valence-corrected chi connectivity index (χ0v) is 15.6. The number of halogens is 1. The predicted octanol–water partition coefficient (Wildman–Crippen LogP) is 1.67. The zero-order chi connectivity index (χ0) is 19.0. The summed E-state index contributed by atoms with van der Waals surface area (Å²) in [6, 6.07) is 6.33. The van der Waals surface area contributed by atoms with Crippen LogP contribution >= 0.6 is 11.6 Å². The van der Waals surface area contributed by atoms with Crippen LogP contribution in [0.4, 0.5) is 0 Å². The molecule has 0 saturated heterocycles. The Balaban J connectivity index is 2.55. The summed E-state index contributed by atoms with van der Waals surface area (Å²) in [4.78, 5) is 36.0. The van der Waals surface area contributed by atoms with E-state index in [1.165, 1.54) is 6.07 Å². The van der Waals surface area contributed by atoms with Crippen LogP contribution < -0.4 is 16.2 Å². The maximum atomic E-state index is 12.1. The van der Waals surface area contributed by atoms with Gasteiger partial charge < -0.3 is 4.74 Å². The number of rotatable bonds is 7. The van der Waals surface area contributed by atoms with E-state index in [1.54, 1.807) is 32.0 Å². The first-order chi connectivity index (χ1) is 11.7. The van der Waals surface area contributed by atoms with Crippen LogP contribution in [0.15, 0.2) is 24.3 Å². The van der Waals surface area contributed by atoms with Gasteiger partial charge in [-0.3, -0.25) is 30.6 Å². The van der Waals surface area contributed by atoms with E-state index in [2.05, 4.69) is 16.2 Å². The molecule has 1 unspecified atom stereocenters. The number of hydrogen-bond donors (Lipinski definition) is 3. The average Bonchev–Trinajstić information content (AvgIpc) is 2.57. The molecule has 0 aliphatic heterocycles. The molecule has 0 bridgehead atoms. The molecule has 7 nitrogen and oxygen atoms in total. The first-order valence-corrected chi connectivity index (χ1v) is 8.35. The number of benzene rings is 1. The summed E-state index contributed by atoms with van der Waals surface area (Å²) in [5, 5.41) is 3.31. The van der Waals surface area contributed by atoms with Crippen LogP contribution in [0.25, 0.3) is 0 Å². The second-order valence-corrected chi connectivity index (χ2v) is 6.38. The van der Waals surface area contributed by atoms with Crippen LogP contribution in [0, 0.1) is 5.92 Å². The number of carbonyl (C=O) groups excluding carboxylic acids is 3. The van der Waals surface area contributed by atoms with Crippen molar-refractivity contribution in [1.82, 2.24) is 16.2 Å². The lowest BCUT2D eigenvalue weighted by atomic mass is 9.88. The van der Waals surface area contributed by atoms with Crippen molar-refractivity contribution in [2.45, 2.75) is 33.2 Å². The van der Waals surface area contributed by atoms with Crippen LogP contribution in [-0.2, 0) is 14.3 Å². The third-order valence-electron chi connectivity index (χ3n) is 3.87. The van der Waals surface area contributed by atoms with Crippen molar-refractivity contribution < 1.29 is 19.1 Å². The van der Waals surface area contributed by atoms with Gasteiger partial charge in [0.2, 0.25) is 0 Å². The van der Waals surface area contributed by atoms with Crippen LogP contribution in [0.3, 0.4) is 0 Å². The molecule has 1 rings (SSSR count). The van der Waals surface area contributed by atoms with E-state index in [0.29, 0.717) is 10.6 Å². The highest BCUT2D eigenvalue weighted by Crippen LogP contribution is 2.18. The van der Waals surface area contributed by atoms with Gasteiger partial charge >= 0.3 is 5.97 Å². The van der Waals surface area contributed by atoms with E-state index in [-0.39, 0.29) is 19.1 Å². The summed E-state index contributed by atoms with van der Waals surface area (Å²) < 4.78 is 5.05. The smallest absolute Gasteiger partial charge is 0.326 e. The largest absolute Gasteiger partial charge is 0.465 e. The highest BCUT2D eigenvalue weighted by atomic mass is 35.5. The van der Waals surface area contributed by atoms with E-state index >= 15 is 0 Å². The number of nitrogens with one attached hydrogen (secondary N) is 3. The molecule has 25 heavy (non-hydrogen) atoms. The summed E-state index contributed by atoms with van der Waals surface area (Å²) >= 11 is 5.82. The monoisotopic (exact) mass is 369 g/mol. The highest BCUT2D eigenvalue weighted by Gasteiger charge is 2.38. The third kappa shape index (κ3) is 6.03. The molecular weight excluding hydrogens is 346 g/mol. The minimum absolute atomic E-state index is 0.0969. The summed E-state index contributed by atoms with van der Waals surface area (Å²) in [5.74, 6) is -1.51. The summed E-state index contributed by atoms with van der Waals surface area (Å²) in [6.45, 7) is 7.18. The fourth-order valence-electron chi connectivity index (χ4n) is 1.93. The minimum atomic E-state index is -1.01. The van der Waals surface area contributed by atoms with E-state index in [9.17, 15) is 14.4 Å². The van der Waals surface area contributed by atoms with Crippen molar-refractivity contribution in [3.05, 3.63) is 34.9 Å². The van der Waals surface area contributed by atoms with E-state index in [4.69, 9.17) is 16.3 Å². The van der Waals surface area contributed by atoms with Crippen molar-refractivity contribution in [2.75, 3.05) is 13.2 Å². The molecule has 0 heterocycles. The molecule has 8 heteroatoms. The second kappa shape index (κ2) is 9.39. The quantitative estimate of drug-likeness (QED) is 0.502. The lowest BCUT2D eigenvalue weighted by Gasteiger charge is -2.32. The Morgan fingerprint density at radius 1 is 1.24 bits per heavy atom. The lowest BCUT2D eigenvalue weighted by Crippen LogP contribution is -2.57. The number of amides is 2. The van der Waals surface area contributed by atoms with Gasteiger partial charge in [-0.05, 0) is 38.0 Å². The Morgan fingerprint density at radius 2 is 1.92 bits per heavy atom. The number of hydrazine groups is 1. The van der Waals surface area contributed by atoms with Crippen molar-refractivity contribution in [1.29, 1.82) is 0 Å². The molecular formula is C17H24ClN3O4. The first-order valence-electron chi connectivity index (χ1n) is 7.97. The van der Waals surface area contributed by atoms with E-state index in [0.717, 1.165) is 0 Å². The van der Waals surface area contributed by atoms with Gasteiger partial charge in [-0.25, -0.2) is 0 Å². The number of esters is 1. The summed E-state index contributed by atoms with van der Waals surface area (Å²) in [7, 11) is 0. The molecule has 2 amide bonds. The second-order valence-electron chi connectivity index (χ2n) is 5.94. The van der Waals surface area contributed by atoms with Crippen molar-refractivity contribution >= 4 is 29.4 Å². The van der Waals surface area contributed by atoms with Gasteiger partial charge in [0, 0.05) is 10.6 Å². The lowest BCUT2D eigenvalue weighted by molar-refractivity contribution is -0.152. The van der Waals surface area contributed by atoms with Gasteiger partial charge in [-0.2, -0.15) is 0 Å². The van der Waals surface area contributed by atoms with Crippen LogP contribution in [0.2, 0.25) is 5.02 Å². The Labute approximate surface area is 152 Å². The van der Waals surface area contributed by atoms with Crippen LogP contribution in [-0.4, -0.2) is 36.5 Å². The molecule has 0 aliphatic rings. The molecule has 138 valence electrons. The molecule has 0 aromatic heterocycles.